The summed E-state index contributed by atoms with van der Waals surface area (Å²) in [5, 5.41) is 15.2. The first kappa shape index (κ1) is 14.5. The van der Waals surface area contributed by atoms with Gasteiger partial charge in [-0.15, -0.1) is 11.3 Å². The van der Waals surface area contributed by atoms with Gasteiger partial charge in [-0.2, -0.15) is 0 Å². The van der Waals surface area contributed by atoms with Crippen LogP contribution in [0.5, 0.6) is 0 Å². The zero-order valence-corrected chi connectivity index (χ0v) is 13.0. The molecule has 6 heteroatoms. The molecule has 2 N–H and O–H groups in total. The SMILES string of the molecule is CC1=C(C(=O)O)C(c2ccc(C)cc2)N=C(c2nccs2)N1. The molecule has 1 aromatic heterocycles. The van der Waals surface area contributed by atoms with E-state index in [1.807, 2.05) is 36.6 Å². The second kappa shape index (κ2) is 5.73. The molecule has 0 fully saturated rings. The fourth-order valence-corrected chi connectivity index (χ4v) is 2.98. The Labute approximate surface area is 132 Å². The molecular formula is C16H15N3O2S. The van der Waals surface area contributed by atoms with E-state index in [0.29, 0.717) is 11.5 Å². The number of thiazole rings is 1. The lowest BCUT2D eigenvalue weighted by atomic mass is 9.95. The number of aryl methyl sites for hydroxylation is 1. The molecular weight excluding hydrogens is 298 g/mol. The highest BCUT2D eigenvalue weighted by Crippen LogP contribution is 2.31. The van der Waals surface area contributed by atoms with Gasteiger partial charge < -0.3 is 10.4 Å². The van der Waals surface area contributed by atoms with Crippen LogP contribution in [0, 0.1) is 6.92 Å². The maximum Gasteiger partial charge on any atom is 0.335 e. The molecule has 22 heavy (non-hydrogen) atoms. The average molecular weight is 313 g/mol. The van der Waals surface area contributed by atoms with E-state index < -0.39 is 12.0 Å². The molecule has 5 nitrogen and oxygen atoms in total. The van der Waals surface area contributed by atoms with E-state index in [9.17, 15) is 9.90 Å². The van der Waals surface area contributed by atoms with E-state index >= 15 is 0 Å². The number of hydrogen-bond donors (Lipinski definition) is 2. The molecule has 1 atom stereocenters. The van der Waals surface area contributed by atoms with Crippen molar-refractivity contribution in [1.29, 1.82) is 0 Å². The quantitative estimate of drug-likeness (QED) is 0.913. The van der Waals surface area contributed by atoms with E-state index in [-0.39, 0.29) is 5.57 Å². The van der Waals surface area contributed by atoms with Gasteiger partial charge in [0.25, 0.3) is 0 Å². The van der Waals surface area contributed by atoms with Crippen LogP contribution >= 0.6 is 11.3 Å². The maximum atomic E-state index is 11.6. The monoisotopic (exact) mass is 313 g/mol. The molecule has 112 valence electrons. The van der Waals surface area contributed by atoms with Crippen molar-refractivity contribution in [1.82, 2.24) is 10.3 Å². The number of hydrogen-bond acceptors (Lipinski definition) is 5. The Morgan fingerprint density at radius 3 is 2.59 bits per heavy atom. The van der Waals surface area contributed by atoms with E-state index in [4.69, 9.17) is 0 Å². The molecule has 0 spiro atoms. The molecule has 0 radical (unpaired) electrons. The van der Waals surface area contributed by atoms with Crippen LogP contribution in [0.25, 0.3) is 0 Å². The molecule has 2 aromatic rings. The summed E-state index contributed by atoms with van der Waals surface area (Å²) < 4.78 is 0. The molecule has 0 amide bonds. The minimum absolute atomic E-state index is 0.268. The fraction of sp³-hybridized carbons (Fsp3) is 0.188. The summed E-state index contributed by atoms with van der Waals surface area (Å²) in [5.41, 5.74) is 2.85. The summed E-state index contributed by atoms with van der Waals surface area (Å²) in [5.74, 6) is -0.347. The van der Waals surface area contributed by atoms with Gasteiger partial charge in [0.2, 0.25) is 0 Å². The second-order valence-corrected chi connectivity index (χ2v) is 5.99. The number of aliphatic carboxylic acids is 1. The van der Waals surface area contributed by atoms with Crippen LogP contribution in [-0.2, 0) is 4.79 Å². The molecule has 1 unspecified atom stereocenters. The lowest BCUT2D eigenvalue weighted by Gasteiger charge is -2.24. The maximum absolute atomic E-state index is 11.6. The number of benzene rings is 1. The standard InChI is InChI=1S/C16H15N3O2S/c1-9-3-5-11(6-4-9)13-12(16(20)21)10(2)18-14(19-13)15-17-7-8-22-15/h3-8,13H,1-2H3,(H,18,19)(H,20,21). The van der Waals surface area contributed by atoms with Gasteiger partial charge in [0.15, 0.2) is 10.8 Å². The predicted molar refractivity (Wildman–Crippen MR) is 86.0 cm³/mol. The summed E-state index contributed by atoms with van der Waals surface area (Å²) in [6, 6.07) is 7.24. The number of allylic oxidation sites excluding steroid dienone is 1. The van der Waals surface area contributed by atoms with E-state index in [2.05, 4.69) is 15.3 Å². The fourth-order valence-electron chi connectivity index (χ4n) is 2.39. The summed E-state index contributed by atoms with van der Waals surface area (Å²) in [7, 11) is 0. The molecule has 0 saturated heterocycles. The van der Waals surface area contributed by atoms with Crippen molar-refractivity contribution in [2.24, 2.45) is 4.99 Å². The Kier molecular flexibility index (Phi) is 3.77. The highest BCUT2D eigenvalue weighted by Gasteiger charge is 2.29. The number of aliphatic imine (C=N–C) groups is 1. The minimum Gasteiger partial charge on any atom is -0.478 e. The van der Waals surface area contributed by atoms with Crippen LogP contribution in [0.3, 0.4) is 0 Å². The van der Waals surface area contributed by atoms with Gasteiger partial charge in [0.05, 0.1) is 5.57 Å². The molecule has 0 bridgehead atoms. The predicted octanol–water partition coefficient (Wildman–Crippen LogP) is 2.90. The van der Waals surface area contributed by atoms with Crippen LogP contribution in [-0.4, -0.2) is 21.9 Å². The first-order chi connectivity index (χ1) is 10.6. The smallest absolute Gasteiger partial charge is 0.335 e. The first-order valence-corrected chi connectivity index (χ1v) is 7.69. The number of carbonyl (C=O) groups is 1. The van der Waals surface area contributed by atoms with Crippen molar-refractivity contribution in [2.75, 3.05) is 0 Å². The number of nitrogens with one attached hydrogen (secondary N) is 1. The largest absolute Gasteiger partial charge is 0.478 e. The third-order valence-corrected chi connectivity index (χ3v) is 4.28. The number of amidine groups is 1. The Hall–Kier alpha value is -2.47. The van der Waals surface area contributed by atoms with E-state index in [1.54, 1.807) is 13.1 Å². The number of nitrogens with zero attached hydrogens (tertiary/aromatic N) is 2. The Bertz CT molecular complexity index is 761. The average Bonchev–Trinajstić information content (AvgIpc) is 3.01. The van der Waals surface area contributed by atoms with Crippen molar-refractivity contribution < 1.29 is 9.90 Å². The van der Waals surface area contributed by atoms with Gasteiger partial charge in [-0.25, -0.2) is 9.78 Å². The van der Waals surface area contributed by atoms with Crippen LogP contribution in [0.1, 0.15) is 29.1 Å². The van der Waals surface area contributed by atoms with Crippen LogP contribution in [0.2, 0.25) is 0 Å². The normalized spacial score (nSPS) is 17.9. The number of carboxylic acid groups (broad SMARTS) is 1. The minimum atomic E-state index is -0.961. The molecule has 1 aromatic carbocycles. The van der Waals surface area contributed by atoms with Gasteiger partial charge >= 0.3 is 5.97 Å². The first-order valence-electron chi connectivity index (χ1n) is 6.81. The van der Waals surface area contributed by atoms with Gasteiger partial charge in [-0.1, -0.05) is 29.8 Å². The van der Waals surface area contributed by atoms with Gasteiger partial charge in [-0.3, -0.25) is 4.99 Å². The van der Waals surface area contributed by atoms with Crippen LogP contribution < -0.4 is 5.32 Å². The summed E-state index contributed by atoms with van der Waals surface area (Å²) >= 11 is 1.47. The molecule has 0 saturated carbocycles. The van der Waals surface area contributed by atoms with Crippen molar-refractivity contribution in [2.45, 2.75) is 19.9 Å². The number of rotatable bonds is 3. The van der Waals surface area contributed by atoms with Crippen molar-refractivity contribution in [3.8, 4) is 0 Å². The van der Waals surface area contributed by atoms with Gasteiger partial charge in [-0.05, 0) is 19.4 Å². The van der Waals surface area contributed by atoms with Crippen LogP contribution in [0.15, 0.2) is 52.1 Å². The lowest BCUT2D eigenvalue weighted by Crippen LogP contribution is -2.32. The summed E-state index contributed by atoms with van der Waals surface area (Å²) in [6.45, 7) is 3.75. The van der Waals surface area contributed by atoms with Crippen molar-refractivity contribution in [3.63, 3.8) is 0 Å². The van der Waals surface area contributed by atoms with Crippen LogP contribution in [0.4, 0.5) is 0 Å². The van der Waals surface area contributed by atoms with Crippen molar-refractivity contribution >= 4 is 23.1 Å². The second-order valence-electron chi connectivity index (χ2n) is 5.10. The third-order valence-electron chi connectivity index (χ3n) is 3.50. The summed E-state index contributed by atoms with van der Waals surface area (Å²) in [6.07, 6.45) is 1.71. The molecule has 1 aliphatic rings. The Balaban J connectivity index is 2.09. The van der Waals surface area contributed by atoms with Gasteiger partial charge in [0.1, 0.15) is 6.04 Å². The van der Waals surface area contributed by atoms with E-state index in [0.717, 1.165) is 16.1 Å². The zero-order chi connectivity index (χ0) is 15.7. The zero-order valence-electron chi connectivity index (χ0n) is 12.2. The molecule has 1 aliphatic heterocycles. The highest BCUT2D eigenvalue weighted by atomic mass is 32.1. The number of carboxylic acids is 1. The topological polar surface area (TPSA) is 74.6 Å². The molecule has 2 heterocycles. The van der Waals surface area contributed by atoms with E-state index in [1.165, 1.54) is 11.3 Å². The summed E-state index contributed by atoms with van der Waals surface area (Å²) in [4.78, 5) is 20.5. The lowest BCUT2D eigenvalue weighted by molar-refractivity contribution is -0.133. The molecule has 3 rings (SSSR count). The molecule has 0 aliphatic carbocycles. The third kappa shape index (κ3) is 2.65. The Morgan fingerprint density at radius 2 is 2.00 bits per heavy atom. The van der Waals surface area contributed by atoms with Crippen molar-refractivity contribution in [3.05, 3.63) is 63.2 Å². The van der Waals surface area contributed by atoms with Gasteiger partial charge in [0, 0.05) is 17.3 Å². The Morgan fingerprint density at radius 1 is 1.27 bits per heavy atom. The number of aromatic nitrogens is 1. The highest BCUT2D eigenvalue weighted by molar-refractivity contribution is 7.11.